The molecule has 1 N–H and O–H groups in total. The summed E-state index contributed by atoms with van der Waals surface area (Å²) < 4.78 is 33.6. The van der Waals surface area contributed by atoms with Gasteiger partial charge in [0.15, 0.2) is 9.84 Å². The van der Waals surface area contributed by atoms with Crippen LogP contribution < -0.4 is 10.1 Å². The standard InChI is InChI=1S/C28H37N3O6S.ClH/c1-36-23-6-4-5-22(19-23)25(29-27(33)37-2)11-15-30-16-12-28(13-17-30)14-18-31(26(28)32)20-21-7-9-24(10-8-21)38(3,34)35;/h4-10,19,25H,11-18,20H2,1-3H3,(H,29,33);1H. The highest BCUT2D eigenvalue weighted by Crippen LogP contribution is 2.42. The molecular weight excluding hydrogens is 542 g/mol. The van der Waals surface area contributed by atoms with Crippen LogP contribution in [0, 0.1) is 5.41 Å². The third-order valence-electron chi connectivity index (χ3n) is 7.85. The zero-order valence-electron chi connectivity index (χ0n) is 22.7. The number of alkyl carbamates (subject to hydrolysis) is 1. The van der Waals surface area contributed by atoms with Gasteiger partial charge < -0.3 is 24.6 Å². The second-order valence-corrected chi connectivity index (χ2v) is 12.3. The highest BCUT2D eigenvalue weighted by atomic mass is 35.5. The fourth-order valence-electron chi connectivity index (χ4n) is 5.47. The van der Waals surface area contributed by atoms with Gasteiger partial charge >= 0.3 is 6.09 Å². The normalized spacial score (nSPS) is 17.9. The number of nitrogens with zero attached hydrogens (tertiary/aromatic N) is 2. The molecule has 1 atom stereocenters. The van der Waals surface area contributed by atoms with Crippen molar-refractivity contribution in [3.8, 4) is 5.75 Å². The summed E-state index contributed by atoms with van der Waals surface area (Å²) in [4.78, 5) is 30.0. The van der Waals surface area contributed by atoms with Gasteiger partial charge in [-0.05, 0) is 74.2 Å². The van der Waals surface area contributed by atoms with Gasteiger partial charge in [-0.2, -0.15) is 0 Å². The molecule has 214 valence electrons. The molecule has 2 amide bonds. The molecule has 2 aliphatic rings. The van der Waals surface area contributed by atoms with Gasteiger partial charge in [0.2, 0.25) is 5.91 Å². The Morgan fingerprint density at radius 3 is 2.33 bits per heavy atom. The number of carbonyl (C=O) groups excluding carboxylic acids is 2. The number of rotatable bonds is 9. The number of benzene rings is 2. The number of halogens is 1. The van der Waals surface area contributed by atoms with Crippen molar-refractivity contribution in [2.75, 3.05) is 46.7 Å². The van der Waals surface area contributed by atoms with E-state index in [-0.39, 0.29) is 34.7 Å². The first kappa shape index (κ1) is 30.7. The Kier molecular flexibility index (Phi) is 10.3. The van der Waals surface area contributed by atoms with Crippen LogP contribution in [0.1, 0.15) is 42.9 Å². The number of likely N-dealkylation sites (tertiary alicyclic amines) is 2. The maximum absolute atomic E-state index is 13.4. The van der Waals surface area contributed by atoms with Gasteiger partial charge in [-0.25, -0.2) is 13.2 Å². The van der Waals surface area contributed by atoms with Crippen LogP contribution in [-0.4, -0.2) is 76.9 Å². The number of ether oxygens (including phenoxy) is 2. The second kappa shape index (κ2) is 13.0. The van der Waals surface area contributed by atoms with Crippen molar-refractivity contribution < 1.29 is 27.5 Å². The Bertz CT molecular complexity index is 1250. The molecule has 39 heavy (non-hydrogen) atoms. The minimum atomic E-state index is -3.24. The number of sulfone groups is 1. The van der Waals surface area contributed by atoms with E-state index < -0.39 is 15.9 Å². The number of carbonyl (C=O) groups is 2. The summed E-state index contributed by atoms with van der Waals surface area (Å²) in [7, 11) is -0.267. The van der Waals surface area contributed by atoms with Crippen LogP contribution in [0.4, 0.5) is 4.79 Å². The van der Waals surface area contributed by atoms with E-state index in [0.717, 1.165) is 55.8 Å². The van der Waals surface area contributed by atoms with Gasteiger partial charge in [0.25, 0.3) is 0 Å². The third-order valence-corrected chi connectivity index (χ3v) is 8.98. The molecule has 2 aromatic rings. The Morgan fingerprint density at radius 1 is 1.05 bits per heavy atom. The van der Waals surface area contributed by atoms with E-state index in [0.29, 0.717) is 19.5 Å². The highest BCUT2D eigenvalue weighted by Gasteiger charge is 2.47. The lowest BCUT2D eigenvalue weighted by Gasteiger charge is -2.38. The third kappa shape index (κ3) is 7.43. The smallest absolute Gasteiger partial charge is 0.407 e. The van der Waals surface area contributed by atoms with E-state index in [1.54, 1.807) is 31.4 Å². The van der Waals surface area contributed by atoms with E-state index in [4.69, 9.17) is 9.47 Å². The van der Waals surface area contributed by atoms with E-state index in [9.17, 15) is 18.0 Å². The molecule has 0 saturated carbocycles. The molecule has 2 fully saturated rings. The Hall–Kier alpha value is -2.82. The molecule has 2 saturated heterocycles. The summed E-state index contributed by atoms with van der Waals surface area (Å²) in [5.41, 5.74) is 1.57. The van der Waals surface area contributed by atoms with Crippen molar-refractivity contribution >= 4 is 34.2 Å². The molecule has 9 nitrogen and oxygen atoms in total. The lowest BCUT2D eigenvalue weighted by atomic mass is 9.77. The summed E-state index contributed by atoms with van der Waals surface area (Å²) in [6.45, 7) is 3.65. The zero-order chi connectivity index (χ0) is 27.3. The molecule has 0 aliphatic carbocycles. The fraction of sp³-hybridized carbons (Fsp3) is 0.500. The Balaban J connectivity index is 0.00000420. The number of hydrogen-bond donors (Lipinski definition) is 1. The largest absolute Gasteiger partial charge is 0.497 e. The molecule has 1 spiro atoms. The van der Waals surface area contributed by atoms with Gasteiger partial charge in [-0.1, -0.05) is 24.3 Å². The Labute approximate surface area is 237 Å². The first-order chi connectivity index (χ1) is 18.1. The van der Waals surface area contributed by atoms with Gasteiger partial charge in [0, 0.05) is 25.9 Å². The minimum Gasteiger partial charge on any atom is -0.497 e. The van der Waals surface area contributed by atoms with Crippen molar-refractivity contribution in [1.82, 2.24) is 15.1 Å². The average Bonchev–Trinajstić information content (AvgIpc) is 3.21. The van der Waals surface area contributed by atoms with Crippen LogP contribution in [0.2, 0.25) is 0 Å². The number of nitrogens with one attached hydrogen (secondary N) is 1. The van der Waals surface area contributed by atoms with Crippen molar-refractivity contribution in [2.45, 2.75) is 43.2 Å². The van der Waals surface area contributed by atoms with Crippen LogP contribution in [0.5, 0.6) is 5.75 Å². The molecule has 2 aliphatic heterocycles. The van der Waals surface area contributed by atoms with Crippen molar-refractivity contribution in [3.63, 3.8) is 0 Å². The van der Waals surface area contributed by atoms with Gasteiger partial charge in [-0.3, -0.25) is 4.79 Å². The predicted octanol–water partition coefficient (Wildman–Crippen LogP) is 3.82. The van der Waals surface area contributed by atoms with Crippen LogP contribution in [0.15, 0.2) is 53.4 Å². The average molecular weight is 580 g/mol. The number of hydrogen-bond acceptors (Lipinski definition) is 7. The van der Waals surface area contributed by atoms with Crippen molar-refractivity contribution in [2.24, 2.45) is 5.41 Å². The minimum absolute atomic E-state index is 0. The van der Waals surface area contributed by atoms with Crippen LogP contribution in [-0.2, 0) is 25.9 Å². The molecule has 0 radical (unpaired) electrons. The van der Waals surface area contributed by atoms with E-state index in [2.05, 4.69) is 10.2 Å². The monoisotopic (exact) mass is 579 g/mol. The first-order valence-corrected chi connectivity index (χ1v) is 14.8. The molecule has 1 unspecified atom stereocenters. The molecule has 0 bridgehead atoms. The quantitative estimate of drug-likeness (QED) is 0.481. The fourth-order valence-corrected chi connectivity index (χ4v) is 6.10. The summed E-state index contributed by atoms with van der Waals surface area (Å²) >= 11 is 0. The van der Waals surface area contributed by atoms with Crippen LogP contribution in [0.3, 0.4) is 0 Å². The maximum Gasteiger partial charge on any atom is 0.407 e. The molecule has 4 rings (SSSR count). The lowest BCUT2D eigenvalue weighted by Crippen LogP contribution is -2.45. The van der Waals surface area contributed by atoms with Crippen LogP contribution >= 0.6 is 12.4 Å². The second-order valence-electron chi connectivity index (χ2n) is 10.3. The maximum atomic E-state index is 13.4. The summed E-state index contributed by atoms with van der Waals surface area (Å²) in [6.07, 6.45) is 3.89. The SMILES string of the molecule is COC(=O)NC(CCN1CCC2(CC1)CCN(Cc1ccc(S(C)(=O)=O)cc1)C2=O)c1cccc(OC)c1.Cl. The van der Waals surface area contributed by atoms with Crippen LogP contribution in [0.25, 0.3) is 0 Å². The Morgan fingerprint density at radius 2 is 1.72 bits per heavy atom. The van der Waals surface area contributed by atoms with Gasteiger partial charge in [-0.15, -0.1) is 12.4 Å². The summed E-state index contributed by atoms with van der Waals surface area (Å²) in [5, 5.41) is 2.93. The molecular formula is C28H38ClN3O6S. The number of piperidine rings is 1. The highest BCUT2D eigenvalue weighted by molar-refractivity contribution is 7.90. The zero-order valence-corrected chi connectivity index (χ0v) is 24.4. The van der Waals surface area contributed by atoms with E-state index in [1.807, 2.05) is 29.2 Å². The van der Waals surface area contributed by atoms with Crippen molar-refractivity contribution in [1.29, 1.82) is 0 Å². The predicted molar refractivity (Wildman–Crippen MR) is 151 cm³/mol. The number of amides is 2. The molecule has 11 heteroatoms. The van der Waals surface area contributed by atoms with Crippen molar-refractivity contribution in [3.05, 3.63) is 59.7 Å². The van der Waals surface area contributed by atoms with E-state index in [1.165, 1.54) is 13.4 Å². The molecule has 2 heterocycles. The van der Waals surface area contributed by atoms with Gasteiger partial charge in [0.05, 0.1) is 30.6 Å². The summed E-state index contributed by atoms with van der Waals surface area (Å²) in [6, 6.07) is 14.2. The molecule has 0 aromatic heterocycles. The summed E-state index contributed by atoms with van der Waals surface area (Å²) in [5.74, 6) is 0.931. The molecule has 2 aromatic carbocycles. The number of methoxy groups -OCH3 is 2. The van der Waals surface area contributed by atoms with E-state index >= 15 is 0 Å². The van der Waals surface area contributed by atoms with Gasteiger partial charge in [0.1, 0.15) is 5.75 Å². The first-order valence-electron chi connectivity index (χ1n) is 12.9. The topological polar surface area (TPSA) is 105 Å². The lowest BCUT2D eigenvalue weighted by molar-refractivity contribution is -0.138.